The van der Waals surface area contributed by atoms with Gasteiger partial charge in [-0.1, -0.05) is 36.2 Å². The molecule has 0 bridgehead atoms. The third kappa shape index (κ3) is 5.40. The fraction of sp³-hybridized carbons (Fsp3) is 0.348. The highest BCUT2D eigenvalue weighted by Crippen LogP contribution is 2.44. The molecule has 0 spiro atoms. The summed E-state index contributed by atoms with van der Waals surface area (Å²) in [5.74, 6) is 0.470. The molecule has 1 aliphatic carbocycles. The van der Waals surface area contributed by atoms with E-state index in [0.29, 0.717) is 17.9 Å². The number of anilines is 1. The van der Waals surface area contributed by atoms with Gasteiger partial charge in [-0.05, 0) is 30.9 Å². The molecule has 9 heteroatoms. The molecule has 0 amide bonds. The van der Waals surface area contributed by atoms with Crippen LogP contribution in [0.1, 0.15) is 36.8 Å². The number of carbonyl (C=O) groups is 1. The van der Waals surface area contributed by atoms with E-state index in [1.807, 2.05) is 0 Å². The van der Waals surface area contributed by atoms with Gasteiger partial charge in [-0.15, -0.1) is 0 Å². The Morgan fingerprint density at radius 3 is 2.41 bits per heavy atom. The Morgan fingerprint density at radius 1 is 1.22 bits per heavy atom. The topological polar surface area (TPSA) is 73.3 Å². The van der Waals surface area contributed by atoms with Crippen molar-refractivity contribution in [3.63, 3.8) is 0 Å². The minimum atomic E-state index is -0.680. The summed E-state index contributed by atoms with van der Waals surface area (Å²) in [6.07, 6.45) is 8.97. The minimum Gasteiger partial charge on any atom is -0.495 e. The number of methoxy groups -OCH3 is 2. The maximum atomic E-state index is 15.1. The number of ether oxygens (including phenoxy) is 2. The van der Waals surface area contributed by atoms with Crippen LogP contribution < -0.4 is 14.8 Å². The molecule has 1 aromatic carbocycles. The Balaban J connectivity index is 1.78. The summed E-state index contributed by atoms with van der Waals surface area (Å²) >= 11 is 12.5. The van der Waals surface area contributed by atoms with Crippen LogP contribution >= 0.6 is 23.2 Å². The summed E-state index contributed by atoms with van der Waals surface area (Å²) in [5, 5.41) is 3.35. The fourth-order valence-corrected chi connectivity index (χ4v) is 4.46. The van der Waals surface area contributed by atoms with Crippen LogP contribution in [0, 0.1) is 5.92 Å². The van der Waals surface area contributed by atoms with E-state index in [1.165, 1.54) is 44.8 Å². The highest BCUT2D eigenvalue weighted by molar-refractivity contribution is 6.39. The Bertz CT molecular complexity index is 1000. The van der Waals surface area contributed by atoms with Crippen molar-refractivity contribution in [3.8, 4) is 11.5 Å². The lowest BCUT2D eigenvalue weighted by molar-refractivity contribution is -0.115. The average Bonchev–Trinajstić information content (AvgIpc) is 3.21. The van der Waals surface area contributed by atoms with Crippen molar-refractivity contribution in [1.82, 2.24) is 9.97 Å². The summed E-state index contributed by atoms with van der Waals surface area (Å²) in [6, 6.07) is 1.60. The van der Waals surface area contributed by atoms with Gasteiger partial charge in [-0.2, -0.15) is 0 Å². The Morgan fingerprint density at radius 2 is 1.84 bits per heavy atom. The largest absolute Gasteiger partial charge is 0.495 e. The van der Waals surface area contributed by atoms with Gasteiger partial charge < -0.3 is 14.8 Å². The zero-order valence-corrected chi connectivity index (χ0v) is 19.3. The van der Waals surface area contributed by atoms with Crippen LogP contribution in [0.25, 0.3) is 11.9 Å². The van der Waals surface area contributed by atoms with Gasteiger partial charge in [0.1, 0.15) is 17.3 Å². The number of benzene rings is 1. The summed E-state index contributed by atoms with van der Waals surface area (Å²) < 4.78 is 25.4. The lowest BCUT2D eigenvalue weighted by Crippen LogP contribution is -2.26. The monoisotopic (exact) mass is 479 g/mol. The van der Waals surface area contributed by atoms with E-state index in [4.69, 9.17) is 32.7 Å². The molecule has 170 valence electrons. The van der Waals surface area contributed by atoms with E-state index in [-0.39, 0.29) is 44.9 Å². The molecule has 0 aliphatic heterocycles. The van der Waals surface area contributed by atoms with Crippen LogP contribution in [-0.4, -0.2) is 36.0 Å². The van der Waals surface area contributed by atoms with Gasteiger partial charge in [0.15, 0.2) is 5.78 Å². The van der Waals surface area contributed by atoms with Gasteiger partial charge in [0.05, 0.1) is 29.8 Å². The molecule has 1 fully saturated rings. The second kappa shape index (κ2) is 10.8. The molecule has 1 saturated carbocycles. The molecule has 1 aromatic heterocycles. The lowest BCUT2D eigenvalue weighted by atomic mass is 9.97. The van der Waals surface area contributed by atoms with E-state index >= 15 is 4.39 Å². The number of aromatic nitrogens is 2. The summed E-state index contributed by atoms with van der Waals surface area (Å²) in [5.41, 5.74) is 0.388. The zero-order chi connectivity index (χ0) is 23.3. The van der Waals surface area contributed by atoms with E-state index < -0.39 is 5.83 Å². The second-order valence-corrected chi connectivity index (χ2v) is 8.19. The highest BCUT2D eigenvalue weighted by Gasteiger charge is 2.29. The van der Waals surface area contributed by atoms with Gasteiger partial charge >= 0.3 is 0 Å². The fourth-order valence-electron chi connectivity index (χ4n) is 3.78. The third-order valence-corrected chi connectivity index (χ3v) is 6.19. The molecule has 2 aromatic rings. The Labute approximate surface area is 196 Å². The van der Waals surface area contributed by atoms with Crippen LogP contribution in [0.4, 0.5) is 10.3 Å². The van der Waals surface area contributed by atoms with Crippen molar-refractivity contribution in [2.45, 2.75) is 31.7 Å². The molecule has 2 atom stereocenters. The predicted molar refractivity (Wildman–Crippen MR) is 125 cm³/mol. The van der Waals surface area contributed by atoms with Gasteiger partial charge in [0.2, 0.25) is 5.95 Å². The predicted octanol–water partition coefficient (Wildman–Crippen LogP) is 5.99. The highest BCUT2D eigenvalue weighted by atomic mass is 35.5. The molecule has 32 heavy (non-hydrogen) atoms. The van der Waals surface area contributed by atoms with E-state index in [9.17, 15) is 4.79 Å². The van der Waals surface area contributed by atoms with Crippen LogP contribution in [-0.2, 0) is 4.79 Å². The van der Waals surface area contributed by atoms with Crippen LogP contribution in [0.3, 0.4) is 0 Å². The molecule has 3 rings (SSSR count). The van der Waals surface area contributed by atoms with E-state index in [1.54, 1.807) is 0 Å². The molecule has 1 aliphatic rings. The molecule has 1 heterocycles. The van der Waals surface area contributed by atoms with Crippen LogP contribution in [0.15, 0.2) is 31.1 Å². The van der Waals surface area contributed by atoms with E-state index in [2.05, 4.69) is 21.9 Å². The van der Waals surface area contributed by atoms with Gasteiger partial charge in [0.25, 0.3) is 0 Å². The standard InChI is InChI=1S/C23H24Cl2FN3O3/c1-4-15(30)9-14-6-5-7-17(14)29-23-27-11-13(12-28-23)8-16(26)20-21(24)18(31-2)10-19(32-3)22(20)25/h4,8,10-12,14,17H,1,5-7,9H2,2-3H3,(H,27,28,29)/b16-8-/t14-,17-/m0/s1. The molecule has 0 radical (unpaired) electrons. The Hall–Kier alpha value is -2.64. The van der Waals surface area contributed by atoms with Crippen LogP contribution in [0.2, 0.25) is 10.0 Å². The number of carbonyl (C=O) groups excluding carboxylic acids is 1. The summed E-state index contributed by atoms with van der Waals surface area (Å²) in [4.78, 5) is 20.3. The number of ketones is 1. The minimum absolute atomic E-state index is 0.0343. The molecular weight excluding hydrogens is 456 g/mol. The molecule has 1 N–H and O–H groups in total. The summed E-state index contributed by atoms with van der Waals surface area (Å²) in [6.45, 7) is 3.54. The first-order valence-electron chi connectivity index (χ1n) is 10.1. The number of nitrogens with one attached hydrogen (secondary N) is 1. The number of hydrogen-bond acceptors (Lipinski definition) is 6. The van der Waals surface area contributed by atoms with E-state index in [0.717, 1.165) is 19.3 Å². The number of nitrogens with zero attached hydrogens (tertiary/aromatic N) is 2. The quantitative estimate of drug-likeness (QED) is 0.445. The van der Waals surface area contributed by atoms with Crippen molar-refractivity contribution in [1.29, 1.82) is 0 Å². The van der Waals surface area contributed by atoms with Crippen molar-refractivity contribution >= 4 is 46.8 Å². The lowest BCUT2D eigenvalue weighted by Gasteiger charge is -2.19. The third-order valence-electron chi connectivity index (χ3n) is 5.44. The molecule has 0 saturated heterocycles. The maximum absolute atomic E-state index is 15.1. The van der Waals surface area contributed by atoms with Crippen molar-refractivity contribution < 1.29 is 18.7 Å². The molecule has 6 nitrogen and oxygen atoms in total. The van der Waals surface area contributed by atoms with Gasteiger partial charge in [-0.3, -0.25) is 4.79 Å². The smallest absolute Gasteiger partial charge is 0.222 e. The van der Waals surface area contributed by atoms with Crippen LogP contribution in [0.5, 0.6) is 11.5 Å². The zero-order valence-electron chi connectivity index (χ0n) is 17.8. The normalized spacial score (nSPS) is 18.3. The first kappa shape index (κ1) is 24.0. The number of hydrogen-bond donors (Lipinski definition) is 1. The summed E-state index contributed by atoms with van der Waals surface area (Å²) in [7, 11) is 2.84. The second-order valence-electron chi connectivity index (χ2n) is 7.43. The maximum Gasteiger partial charge on any atom is 0.222 e. The molecular formula is C23H24Cl2FN3O3. The van der Waals surface area contributed by atoms with Gasteiger partial charge in [0, 0.05) is 36.5 Å². The van der Waals surface area contributed by atoms with Crippen molar-refractivity contribution in [2.75, 3.05) is 19.5 Å². The number of rotatable bonds is 9. The first-order valence-corrected chi connectivity index (χ1v) is 10.8. The van der Waals surface area contributed by atoms with Crippen molar-refractivity contribution in [2.24, 2.45) is 5.92 Å². The van der Waals surface area contributed by atoms with Gasteiger partial charge in [-0.25, -0.2) is 14.4 Å². The Kier molecular flexibility index (Phi) is 8.10. The molecule has 0 unspecified atom stereocenters. The number of halogens is 3. The SMILES string of the molecule is C=CC(=O)C[C@@H]1CCC[C@@H]1Nc1ncc(/C=C(\F)c2c(Cl)c(OC)cc(OC)c2Cl)cn1. The number of allylic oxidation sites excluding steroid dienone is 1. The average molecular weight is 480 g/mol. The first-order chi connectivity index (χ1) is 15.4. The van der Waals surface area contributed by atoms with Crippen molar-refractivity contribution in [3.05, 3.63) is 52.3 Å².